The van der Waals surface area contributed by atoms with Crippen LogP contribution >= 0.6 is 15.9 Å². The molecule has 1 amide bonds. The minimum Gasteiger partial charge on any atom is -0.490 e. The Labute approximate surface area is 233 Å². The number of benzene rings is 2. The van der Waals surface area contributed by atoms with Crippen LogP contribution < -0.4 is 4.74 Å². The Balaban J connectivity index is 1.30. The van der Waals surface area contributed by atoms with Gasteiger partial charge in [0.1, 0.15) is 28.5 Å². The van der Waals surface area contributed by atoms with E-state index in [-0.39, 0.29) is 36.9 Å². The molecule has 1 aliphatic heterocycles. The van der Waals surface area contributed by atoms with Gasteiger partial charge in [-0.25, -0.2) is 8.78 Å². The lowest BCUT2D eigenvalue weighted by atomic mass is 9.92. The average Bonchev–Trinajstić information content (AvgIpc) is 3.51. The van der Waals surface area contributed by atoms with E-state index in [1.54, 1.807) is 25.3 Å². The van der Waals surface area contributed by atoms with Crippen molar-refractivity contribution in [2.45, 2.75) is 45.8 Å². The molecule has 11 heteroatoms. The molecule has 39 heavy (non-hydrogen) atoms. The van der Waals surface area contributed by atoms with E-state index >= 15 is 8.78 Å². The van der Waals surface area contributed by atoms with Crippen molar-refractivity contribution >= 4 is 21.8 Å². The number of halogens is 3. The van der Waals surface area contributed by atoms with Crippen LogP contribution in [0.3, 0.4) is 0 Å². The second-order valence-electron chi connectivity index (χ2n) is 9.93. The summed E-state index contributed by atoms with van der Waals surface area (Å²) < 4.78 is 44.2. The molecule has 8 nitrogen and oxygen atoms in total. The van der Waals surface area contributed by atoms with Crippen molar-refractivity contribution in [1.29, 1.82) is 0 Å². The van der Waals surface area contributed by atoms with Gasteiger partial charge in [-0.15, -0.1) is 5.10 Å². The molecule has 1 fully saturated rings. The van der Waals surface area contributed by atoms with Gasteiger partial charge in [-0.1, -0.05) is 50.6 Å². The summed E-state index contributed by atoms with van der Waals surface area (Å²) in [6.45, 7) is 4.92. The summed E-state index contributed by atoms with van der Waals surface area (Å²) in [5, 5.41) is 12.3. The molecule has 0 saturated carbocycles. The number of aromatic nitrogens is 4. The van der Waals surface area contributed by atoms with Gasteiger partial charge >= 0.3 is 0 Å². The van der Waals surface area contributed by atoms with Crippen LogP contribution in [0.4, 0.5) is 8.78 Å². The second-order valence-corrected chi connectivity index (χ2v) is 10.9. The van der Waals surface area contributed by atoms with Crippen LogP contribution in [0.1, 0.15) is 36.4 Å². The maximum atomic E-state index is 15.4. The smallest absolute Gasteiger partial charge is 0.269 e. The first-order valence-corrected chi connectivity index (χ1v) is 13.5. The maximum absolute atomic E-state index is 15.4. The number of para-hydroxylation sites is 1. The van der Waals surface area contributed by atoms with E-state index in [9.17, 15) is 4.79 Å². The molecule has 1 aliphatic rings. The topological polar surface area (TPSA) is 86.3 Å². The number of likely N-dealkylation sites (tertiary alicyclic amines) is 1. The van der Waals surface area contributed by atoms with Gasteiger partial charge < -0.3 is 14.2 Å². The highest BCUT2D eigenvalue weighted by atomic mass is 79.9. The summed E-state index contributed by atoms with van der Waals surface area (Å²) in [4.78, 5) is 14.6. The molecule has 2 aromatic carbocycles. The molecule has 2 aromatic heterocycles. The van der Waals surface area contributed by atoms with E-state index < -0.39 is 24.3 Å². The van der Waals surface area contributed by atoms with Crippen molar-refractivity contribution in [2.75, 3.05) is 13.1 Å². The van der Waals surface area contributed by atoms with Gasteiger partial charge in [0.05, 0.1) is 25.4 Å². The van der Waals surface area contributed by atoms with Gasteiger partial charge in [-0.3, -0.25) is 9.48 Å². The van der Waals surface area contributed by atoms with Crippen LogP contribution in [-0.4, -0.2) is 56.1 Å². The fourth-order valence-electron chi connectivity index (χ4n) is 4.77. The van der Waals surface area contributed by atoms with E-state index in [1.807, 2.05) is 50.2 Å². The summed E-state index contributed by atoms with van der Waals surface area (Å²) >= 11 is 3.41. The van der Waals surface area contributed by atoms with E-state index in [0.717, 1.165) is 10.0 Å². The molecular formula is C28H28BrF2N5O3. The van der Waals surface area contributed by atoms with Crippen molar-refractivity contribution in [1.82, 2.24) is 25.1 Å². The number of alkyl halides is 2. The van der Waals surface area contributed by atoms with Crippen LogP contribution in [0.5, 0.6) is 5.75 Å². The molecule has 3 heterocycles. The van der Waals surface area contributed by atoms with Gasteiger partial charge in [-0.05, 0) is 51.5 Å². The fraction of sp³-hybridized carbons (Fsp3) is 0.357. The molecule has 204 valence electrons. The predicted octanol–water partition coefficient (Wildman–Crippen LogP) is 6.26. The van der Waals surface area contributed by atoms with Crippen molar-refractivity contribution < 1.29 is 22.8 Å². The molecule has 1 atom stereocenters. The Morgan fingerprint density at radius 3 is 2.77 bits per heavy atom. The summed E-state index contributed by atoms with van der Waals surface area (Å²) in [6, 6.07) is 14.7. The molecule has 1 unspecified atom stereocenters. The maximum Gasteiger partial charge on any atom is 0.269 e. The minimum absolute atomic E-state index is 0.0230. The largest absolute Gasteiger partial charge is 0.490 e. The Morgan fingerprint density at radius 2 is 2.03 bits per heavy atom. The molecule has 4 aromatic rings. The number of hydrogen-bond acceptors (Lipinski definition) is 6. The number of ether oxygens (including phenoxy) is 1. The highest BCUT2D eigenvalue weighted by Crippen LogP contribution is 2.37. The van der Waals surface area contributed by atoms with Crippen molar-refractivity contribution in [3.63, 3.8) is 0 Å². The number of aryl methyl sites for hydroxylation is 1. The van der Waals surface area contributed by atoms with Gasteiger partial charge in [0, 0.05) is 28.1 Å². The molecule has 0 spiro atoms. The lowest BCUT2D eigenvalue weighted by molar-refractivity contribution is -0.108. The highest BCUT2D eigenvalue weighted by molar-refractivity contribution is 9.10. The Kier molecular flexibility index (Phi) is 7.53. The first-order chi connectivity index (χ1) is 18.6. The Hall–Kier alpha value is -3.60. The zero-order chi connectivity index (χ0) is 27.7. The summed E-state index contributed by atoms with van der Waals surface area (Å²) in [5.41, 5.74) is 2.49. The number of piperidine rings is 1. The van der Waals surface area contributed by atoms with E-state index in [1.165, 1.54) is 9.58 Å². The third kappa shape index (κ3) is 5.73. The first-order valence-electron chi connectivity index (χ1n) is 12.7. The van der Waals surface area contributed by atoms with Gasteiger partial charge in [0.25, 0.3) is 11.8 Å². The van der Waals surface area contributed by atoms with Crippen LogP contribution in [0.25, 0.3) is 22.5 Å². The SMILES string of the molecule is Cc1onc(-c2cccc(Br)c2)c1C(=O)N1CCC(Cn2cc(-c3ccccc3OC(C)C)nn2)C(F)(F)C1. The number of amides is 1. The average molecular weight is 600 g/mol. The standard InChI is InChI=1S/C28H28BrF2N5O3/c1-17(2)38-24-10-5-4-9-22(24)23-15-36(34-32-23)14-20-11-12-35(16-28(20,30)31)27(37)25-18(3)39-33-26(25)19-7-6-8-21(29)13-19/h4-10,13,15,17,20H,11-12,14,16H2,1-3H3. The van der Waals surface area contributed by atoms with Gasteiger partial charge in [-0.2, -0.15) is 0 Å². The molecule has 0 N–H and O–H groups in total. The molecule has 5 rings (SSSR count). The normalized spacial score (nSPS) is 17.0. The van der Waals surface area contributed by atoms with Crippen molar-refractivity contribution in [2.24, 2.45) is 5.92 Å². The number of carbonyl (C=O) groups is 1. The monoisotopic (exact) mass is 599 g/mol. The lowest BCUT2D eigenvalue weighted by Gasteiger charge is -2.38. The van der Waals surface area contributed by atoms with Crippen molar-refractivity contribution in [3.8, 4) is 28.3 Å². The molecule has 1 saturated heterocycles. The molecule has 0 bridgehead atoms. The van der Waals surface area contributed by atoms with E-state index in [2.05, 4.69) is 31.4 Å². The lowest BCUT2D eigenvalue weighted by Crippen LogP contribution is -2.51. The van der Waals surface area contributed by atoms with E-state index in [4.69, 9.17) is 9.26 Å². The Morgan fingerprint density at radius 1 is 1.23 bits per heavy atom. The number of nitrogens with zero attached hydrogens (tertiary/aromatic N) is 5. The van der Waals surface area contributed by atoms with Crippen LogP contribution in [-0.2, 0) is 6.54 Å². The number of rotatable bonds is 7. The second kappa shape index (κ2) is 10.9. The zero-order valence-electron chi connectivity index (χ0n) is 21.8. The number of hydrogen-bond donors (Lipinski definition) is 0. The predicted molar refractivity (Wildman–Crippen MR) is 145 cm³/mol. The van der Waals surface area contributed by atoms with Gasteiger partial charge in [0.2, 0.25) is 0 Å². The third-order valence-electron chi connectivity index (χ3n) is 6.68. The summed E-state index contributed by atoms with van der Waals surface area (Å²) in [7, 11) is 0. The zero-order valence-corrected chi connectivity index (χ0v) is 23.4. The summed E-state index contributed by atoms with van der Waals surface area (Å²) in [6.07, 6.45) is 1.73. The van der Waals surface area contributed by atoms with Gasteiger partial charge in [0.15, 0.2) is 0 Å². The van der Waals surface area contributed by atoms with E-state index in [0.29, 0.717) is 22.7 Å². The molecular weight excluding hydrogens is 572 g/mol. The fourth-order valence-corrected chi connectivity index (χ4v) is 5.17. The van der Waals surface area contributed by atoms with Crippen LogP contribution in [0.15, 0.2) is 63.7 Å². The number of carbonyl (C=O) groups excluding carboxylic acids is 1. The van der Waals surface area contributed by atoms with Crippen molar-refractivity contribution in [3.05, 3.63) is 70.5 Å². The quantitative estimate of drug-likeness (QED) is 0.249. The highest BCUT2D eigenvalue weighted by Gasteiger charge is 2.46. The molecule has 0 radical (unpaired) electrons. The van der Waals surface area contributed by atoms with Crippen LogP contribution in [0.2, 0.25) is 0 Å². The summed E-state index contributed by atoms with van der Waals surface area (Å²) in [5.74, 6) is -3.71. The minimum atomic E-state index is -3.13. The third-order valence-corrected chi connectivity index (χ3v) is 7.17. The van der Waals surface area contributed by atoms with Crippen LogP contribution in [0, 0.1) is 12.8 Å². The molecule has 0 aliphatic carbocycles. The Bertz CT molecular complexity index is 1490. The first kappa shape index (κ1) is 27.0.